The lowest BCUT2D eigenvalue weighted by molar-refractivity contribution is -0.149. The van der Waals surface area contributed by atoms with Gasteiger partial charge in [-0.2, -0.15) is 0 Å². The molecule has 23 heavy (non-hydrogen) atoms. The minimum absolute atomic E-state index is 0. The van der Waals surface area contributed by atoms with Gasteiger partial charge in [0.05, 0.1) is 12.6 Å². The van der Waals surface area contributed by atoms with Crippen LogP contribution in [-0.2, 0) is 9.53 Å². The van der Waals surface area contributed by atoms with E-state index >= 15 is 0 Å². The molecule has 2 rings (SSSR count). The van der Waals surface area contributed by atoms with Crippen molar-refractivity contribution >= 4 is 18.4 Å². The number of para-hydroxylation sites is 1. The fourth-order valence-corrected chi connectivity index (χ4v) is 1.95. The van der Waals surface area contributed by atoms with Crippen LogP contribution in [-0.4, -0.2) is 18.7 Å². The minimum atomic E-state index is -1.91. The van der Waals surface area contributed by atoms with Gasteiger partial charge in [0.25, 0.3) is 0 Å². The van der Waals surface area contributed by atoms with Crippen LogP contribution >= 0.6 is 12.4 Å². The summed E-state index contributed by atoms with van der Waals surface area (Å²) in [5, 5.41) is 0. The first-order valence-corrected chi connectivity index (χ1v) is 7.01. The molecule has 0 radical (unpaired) electrons. The summed E-state index contributed by atoms with van der Waals surface area (Å²) in [6.45, 7) is 1.73. The summed E-state index contributed by atoms with van der Waals surface area (Å²) in [6.07, 6.45) is -1.91. The number of ether oxygens (including phenoxy) is 2. The van der Waals surface area contributed by atoms with Gasteiger partial charge in [-0.05, 0) is 36.8 Å². The van der Waals surface area contributed by atoms with Crippen LogP contribution in [0.2, 0.25) is 0 Å². The third kappa shape index (κ3) is 5.23. The first-order valence-electron chi connectivity index (χ1n) is 7.01. The number of esters is 1. The van der Waals surface area contributed by atoms with Crippen molar-refractivity contribution in [3.05, 3.63) is 60.2 Å². The van der Waals surface area contributed by atoms with Crippen molar-refractivity contribution in [1.29, 1.82) is 0 Å². The Labute approximate surface area is 140 Å². The zero-order valence-corrected chi connectivity index (χ0v) is 13.5. The molecule has 0 saturated carbocycles. The van der Waals surface area contributed by atoms with Crippen LogP contribution in [0.4, 0.5) is 4.39 Å². The van der Waals surface area contributed by atoms with E-state index in [1.165, 1.54) is 0 Å². The Morgan fingerprint density at radius 2 is 1.78 bits per heavy atom. The molecule has 0 aliphatic rings. The van der Waals surface area contributed by atoms with Crippen LogP contribution in [0.25, 0.3) is 0 Å². The van der Waals surface area contributed by atoms with E-state index in [0.29, 0.717) is 17.1 Å². The predicted molar refractivity (Wildman–Crippen MR) is 88.7 cm³/mol. The Hall–Kier alpha value is -2.11. The third-order valence-electron chi connectivity index (χ3n) is 3.05. The van der Waals surface area contributed by atoms with E-state index in [1.807, 2.05) is 30.3 Å². The van der Waals surface area contributed by atoms with Crippen molar-refractivity contribution in [2.45, 2.75) is 19.1 Å². The van der Waals surface area contributed by atoms with E-state index in [1.54, 1.807) is 31.2 Å². The number of benzene rings is 2. The van der Waals surface area contributed by atoms with Crippen LogP contribution in [0, 0.1) is 0 Å². The van der Waals surface area contributed by atoms with Crippen LogP contribution in [0.3, 0.4) is 0 Å². The second-order valence-corrected chi connectivity index (χ2v) is 4.67. The highest BCUT2D eigenvalue weighted by Crippen LogP contribution is 2.26. The molecule has 0 aliphatic carbocycles. The largest absolute Gasteiger partial charge is 0.464 e. The van der Waals surface area contributed by atoms with Crippen LogP contribution in [0.5, 0.6) is 11.5 Å². The van der Waals surface area contributed by atoms with Crippen LogP contribution in [0.1, 0.15) is 18.5 Å². The second-order valence-electron chi connectivity index (χ2n) is 4.67. The molecule has 0 heterocycles. The molecule has 2 atom stereocenters. The van der Waals surface area contributed by atoms with E-state index < -0.39 is 18.2 Å². The summed E-state index contributed by atoms with van der Waals surface area (Å²) in [6, 6.07) is 14.8. The number of nitrogens with two attached hydrogens (primary N) is 1. The summed E-state index contributed by atoms with van der Waals surface area (Å²) in [5.41, 5.74) is 6.27. The van der Waals surface area contributed by atoms with Gasteiger partial charge in [0.15, 0.2) is 0 Å². The number of halogens is 2. The number of alkyl halides is 1. The molecule has 0 aromatic heterocycles. The molecule has 0 bridgehead atoms. The number of hydrogen-bond acceptors (Lipinski definition) is 4. The standard InChI is InChI=1S/C17H18FNO3.ClH/c1-2-21-17(20)15(18)16(19)12-7-6-10-14(11-12)22-13-8-4-3-5-9-13;/h3-11,15-16H,2,19H2,1H3;1H/t15?,16-;/m1./s1. The molecule has 4 nitrogen and oxygen atoms in total. The molecule has 0 spiro atoms. The summed E-state index contributed by atoms with van der Waals surface area (Å²) in [4.78, 5) is 11.4. The van der Waals surface area contributed by atoms with Crippen LogP contribution < -0.4 is 10.5 Å². The molecule has 0 aliphatic heterocycles. The quantitative estimate of drug-likeness (QED) is 0.813. The highest BCUT2D eigenvalue weighted by atomic mass is 35.5. The highest BCUT2D eigenvalue weighted by molar-refractivity contribution is 5.85. The Morgan fingerprint density at radius 3 is 2.43 bits per heavy atom. The second kappa shape index (κ2) is 9.12. The molecule has 2 N–H and O–H groups in total. The summed E-state index contributed by atoms with van der Waals surface area (Å²) in [5.74, 6) is 0.231. The molecule has 0 saturated heterocycles. The lowest BCUT2D eigenvalue weighted by Gasteiger charge is -2.16. The normalized spacial score (nSPS) is 12.7. The van der Waals surface area contributed by atoms with Crippen LogP contribution in [0.15, 0.2) is 54.6 Å². The smallest absolute Gasteiger partial charge is 0.342 e. The van der Waals surface area contributed by atoms with E-state index in [-0.39, 0.29) is 19.0 Å². The first kappa shape index (κ1) is 18.9. The molecular formula is C17H19ClFNO3. The number of hydrogen-bond donors (Lipinski definition) is 1. The summed E-state index contributed by atoms with van der Waals surface area (Å²) >= 11 is 0. The lowest BCUT2D eigenvalue weighted by atomic mass is 10.0. The number of rotatable bonds is 6. The monoisotopic (exact) mass is 339 g/mol. The molecule has 0 fully saturated rings. The van der Waals surface area contributed by atoms with Gasteiger partial charge in [-0.3, -0.25) is 0 Å². The van der Waals surface area contributed by atoms with E-state index in [0.717, 1.165) is 0 Å². The lowest BCUT2D eigenvalue weighted by Crippen LogP contribution is -2.31. The van der Waals surface area contributed by atoms with E-state index in [2.05, 4.69) is 4.74 Å². The highest BCUT2D eigenvalue weighted by Gasteiger charge is 2.27. The Kier molecular flexibility index (Phi) is 7.51. The van der Waals surface area contributed by atoms with Gasteiger partial charge in [0.1, 0.15) is 11.5 Å². The number of carbonyl (C=O) groups excluding carboxylic acids is 1. The maximum atomic E-state index is 14.0. The zero-order chi connectivity index (χ0) is 15.9. The Balaban J connectivity index is 0.00000264. The fraction of sp³-hybridized carbons (Fsp3) is 0.235. The summed E-state index contributed by atoms with van der Waals surface area (Å²) in [7, 11) is 0. The van der Waals surface area contributed by atoms with Gasteiger partial charge in [-0.15, -0.1) is 12.4 Å². The zero-order valence-electron chi connectivity index (χ0n) is 12.6. The minimum Gasteiger partial charge on any atom is -0.464 e. The third-order valence-corrected chi connectivity index (χ3v) is 3.05. The summed E-state index contributed by atoms with van der Waals surface area (Å²) < 4.78 is 24.3. The predicted octanol–water partition coefficient (Wildman–Crippen LogP) is 3.80. The van der Waals surface area contributed by atoms with Gasteiger partial charge >= 0.3 is 5.97 Å². The molecular weight excluding hydrogens is 321 g/mol. The van der Waals surface area contributed by atoms with E-state index in [4.69, 9.17) is 10.5 Å². The van der Waals surface area contributed by atoms with Crippen molar-refractivity contribution in [2.75, 3.05) is 6.61 Å². The molecule has 0 amide bonds. The van der Waals surface area contributed by atoms with Crippen molar-refractivity contribution in [3.8, 4) is 11.5 Å². The van der Waals surface area contributed by atoms with Gasteiger partial charge in [0, 0.05) is 0 Å². The molecule has 2 aromatic rings. The Bertz CT molecular complexity index is 624. The molecule has 2 aromatic carbocycles. The van der Waals surface area contributed by atoms with Crippen molar-refractivity contribution < 1.29 is 18.7 Å². The topological polar surface area (TPSA) is 61.5 Å². The molecule has 1 unspecified atom stereocenters. The van der Waals surface area contributed by atoms with E-state index in [9.17, 15) is 9.18 Å². The maximum absolute atomic E-state index is 14.0. The number of carbonyl (C=O) groups is 1. The molecule has 6 heteroatoms. The Morgan fingerprint density at radius 1 is 1.13 bits per heavy atom. The average molecular weight is 340 g/mol. The van der Waals surface area contributed by atoms with Gasteiger partial charge in [-0.25, -0.2) is 9.18 Å². The van der Waals surface area contributed by atoms with Crippen molar-refractivity contribution in [3.63, 3.8) is 0 Å². The van der Waals surface area contributed by atoms with Gasteiger partial charge in [-0.1, -0.05) is 30.3 Å². The average Bonchev–Trinajstić information content (AvgIpc) is 2.55. The molecule has 124 valence electrons. The van der Waals surface area contributed by atoms with Crippen molar-refractivity contribution in [1.82, 2.24) is 0 Å². The van der Waals surface area contributed by atoms with Gasteiger partial charge < -0.3 is 15.2 Å². The van der Waals surface area contributed by atoms with Gasteiger partial charge in [0.2, 0.25) is 6.17 Å². The maximum Gasteiger partial charge on any atom is 0.342 e. The van der Waals surface area contributed by atoms with Crippen molar-refractivity contribution in [2.24, 2.45) is 5.73 Å². The fourth-order valence-electron chi connectivity index (χ4n) is 1.95. The first-order chi connectivity index (χ1) is 10.6. The SMILES string of the molecule is CCOC(=O)C(F)[C@H](N)c1cccc(Oc2ccccc2)c1.Cl.